The highest BCUT2D eigenvalue weighted by molar-refractivity contribution is 5.94. The molecule has 0 aliphatic carbocycles. The minimum atomic E-state index is -0.0532. The van der Waals surface area contributed by atoms with Crippen molar-refractivity contribution in [1.82, 2.24) is 9.13 Å². The summed E-state index contributed by atoms with van der Waals surface area (Å²) in [5.74, 6) is 0.0242. The topological polar surface area (TPSA) is 44.0 Å². The van der Waals surface area contributed by atoms with Gasteiger partial charge in [0.05, 0.1) is 12.2 Å². The van der Waals surface area contributed by atoms with E-state index in [9.17, 15) is 9.59 Å². The van der Waals surface area contributed by atoms with Crippen molar-refractivity contribution in [3.8, 4) is 0 Å². The van der Waals surface area contributed by atoms with Gasteiger partial charge in [-0.2, -0.15) is 0 Å². The lowest BCUT2D eigenvalue weighted by Crippen LogP contribution is -2.14. The highest BCUT2D eigenvalue weighted by atomic mass is 16.1. The van der Waals surface area contributed by atoms with Gasteiger partial charge in [0.15, 0.2) is 11.2 Å². The number of nitrogens with zero attached hydrogens (tertiary/aromatic N) is 2. The van der Waals surface area contributed by atoms with Crippen molar-refractivity contribution in [2.45, 2.75) is 6.54 Å². The summed E-state index contributed by atoms with van der Waals surface area (Å²) in [5, 5.41) is 0. The van der Waals surface area contributed by atoms with Crippen molar-refractivity contribution in [2.24, 2.45) is 7.05 Å². The van der Waals surface area contributed by atoms with Crippen LogP contribution in [0.15, 0.2) is 47.7 Å². The van der Waals surface area contributed by atoms with Gasteiger partial charge >= 0.3 is 0 Å². The van der Waals surface area contributed by atoms with Crippen molar-refractivity contribution in [1.29, 1.82) is 0 Å². The highest BCUT2D eigenvalue weighted by Gasteiger charge is 2.08. The van der Waals surface area contributed by atoms with Gasteiger partial charge in [0.25, 0.3) is 0 Å². The van der Waals surface area contributed by atoms with Gasteiger partial charge in [-0.05, 0) is 12.1 Å². The fourth-order valence-corrected chi connectivity index (χ4v) is 1.55. The third-order valence-corrected chi connectivity index (χ3v) is 2.42. The Morgan fingerprint density at radius 1 is 1.19 bits per heavy atom. The quantitative estimate of drug-likeness (QED) is 0.720. The van der Waals surface area contributed by atoms with E-state index in [1.54, 1.807) is 27.6 Å². The van der Waals surface area contributed by atoms with E-state index >= 15 is 0 Å². The highest BCUT2D eigenvalue weighted by Crippen LogP contribution is 2.02. The number of carbonyl (C=O) groups excluding carboxylic acids is 1. The van der Waals surface area contributed by atoms with Crippen molar-refractivity contribution in [3.05, 3.63) is 58.8 Å². The molecule has 0 atom stereocenters. The van der Waals surface area contributed by atoms with Crippen LogP contribution in [-0.2, 0) is 13.6 Å². The van der Waals surface area contributed by atoms with E-state index in [1.165, 1.54) is 12.1 Å². The Balaban J connectivity index is 2.17. The van der Waals surface area contributed by atoms with Crippen molar-refractivity contribution >= 4 is 5.78 Å². The molecular weight excluding hydrogens is 204 g/mol. The van der Waals surface area contributed by atoms with E-state index in [0.29, 0.717) is 5.69 Å². The van der Waals surface area contributed by atoms with Gasteiger partial charge in [0, 0.05) is 37.8 Å². The second-order valence-corrected chi connectivity index (χ2v) is 3.63. The van der Waals surface area contributed by atoms with Gasteiger partial charge in [-0.25, -0.2) is 0 Å². The average Bonchev–Trinajstić information content (AvgIpc) is 2.68. The summed E-state index contributed by atoms with van der Waals surface area (Å²) in [5.41, 5.74) is 0.612. The van der Waals surface area contributed by atoms with Gasteiger partial charge in [-0.1, -0.05) is 0 Å². The molecule has 2 rings (SSSR count). The molecule has 0 aromatic carbocycles. The smallest absolute Gasteiger partial charge is 0.198 e. The molecule has 0 fully saturated rings. The van der Waals surface area contributed by atoms with E-state index in [-0.39, 0.29) is 17.8 Å². The summed E-state index contributed by atoms with van der Waals surface area (Å²) in [7, 11) is 1.83. The molecule has 0 bridgehead atoms. The zero-order valence-electron chi connectivity index (χ0n) is 8.96. The van der Waals surface area contributed by atoms with Gasteiger partial charge in [-0.3, -0.25) is 9.59 Å². The van der Waals surface area contributed by atoms with Crippen LogP contribution in [0.2, 0.25) is 0 Å². The first kappa shape index (κ1) is 10.4. The van der Waals surface area contributed by atoms with Crippen LogP contribution in [0.5, 0.6) is 0 Å². The Hall–Kier alpha value is -2.10. The predicted octanol–water partition coefficient (Wildman–Crippen LogP) is 1.07. The summed E-state index contributed by atoms with van der Waals surface area (Å²) in [6.45, 7) is 0.248. The Labute approximate surface area is 92.8 Å². The molecular formula is C12H12N2O2. The fourth-order valence-electron chi connectivity index (χ4n) is 1.55. The van der Waals surface area contributed by atoms with Crippen LogP contribution in [0.25, 0.3) is 0 Å². The Morgan fingerprint density at radius 2 is 1.88 bits per heavy atom. The maximum Gasteiger partial charge on any atom is 0.198 e. The molecule has 2 aromatic heterocycles. The number of pyridine rings is 1. The molecule has 4 nitrogen and oxygen atoms in total. The van der Waals surface area contributed by atoms with Crippen molar-refractivity contribution < 1.29 is 4.79 Å². The summed E-state index contributed by atoms with van der Waals surface area (Å²) >= 11 is 0. The molecule has 0 saturated carbocycles. The first-order valence-corrected chi connectivity index (χ1v) is 4.97. The summed E-state index contributed by atoms with van der Waals surface area (Å²) in [6, 6.07) is 6.50. The number of carbonyl (C=O) groups is 1. The maximum atomic E-state index is 11.9. The van der Waals surface area contributed by atoms with E-state index in [1.807, 2.05) is 19.3 Å². The van der Waals surface area contributed by atoms with Crippen LogP contribution in [0, 0.1) is 0 Å². The second kappa shape index (κ2) is 4.18. The first-order chi connectivity index (χ1) is 7.66. The normalized spacial score (nSPS) is 10.3. The standard InChI is InChI=1S/C12H12N2O2/c1-13-6-2-3-11(13)12(16)9-14-7-4-10(15)5-8-14/h2-8H,9H2,1H3. The summed E-state index contributed by atoms with van der Waals surface area (Å²) < 4.78 is 3.47. The number of hydrogen-bond donors (Lipinski definition) is 0. The van der Waals surface area contributed by atoms with Gasteiger partial charge in [0.1, 0.15) is 0 Å². The minimum absolute atomic E-state index is 0.0242. The maximum absolute atomic E-state index is 11.9. The SMILES string of the molecule is Cn1cccc1C(=O)Cn1ccc(=O)cc1. The van der Waals surface area contributed by atoms with E-state index in [0.717, 1.165) is 0 Å². The number of rotatable bonds is 3. The molecule has 82 valence electrons. The monoisotopic (exact) mass is 216 g/mol. The Bertz CT molecular complexity index is 546. The molecule has 0 saturated heterocycles. The van der Waals surface area contributed by atoms with Gasteiger partial charge < -0.3 is 9.13 Å². The van der Waals surface area contributed by atoms with Crippen LogP contribution >= 0.6 is 0 Å². The fraction of sp³-hybridized carbons (Fsp3) is 0.167. The van der Waals surface area contributed by atoms with Gasteiger partial charge in [-0.15, -0.1) is 0 Å². The third kappa shape index (κ3) is 2.11. The van der Waals surface area contributed by atoms with E-state index in [4.69, 9.17) is 0 Å². The van der Waals surface area contributed by atoms with E-state index < -0.39 is 0 Å². The molecule has 2 aromatic rings. The molecule has 0 N–H and O–H groups in total. The molecule has 16 heavy (non-hydrogen) atoms. The Kier molecular flexibility index (Phi) is 2.72. The zero-order valence-corrected chi connectivity index (χ0v) is 8.96. The number of aryl methyl sites for hydroxylation is 1. The van der Waals surface area contributed by atoms with Crippen molar-refractivity contribution in [2.75, 3.05) is 0 Å². The number of ketones is 1. The third-order valence-electron chi connectivity index (χ3n) is 2.42. The molecule has 4 heteroatoms. The van der Waals surface area contributed by atoms with Crippen LogP contribution < -0.4 is 5.43 Å². The molecule has 0 aliphatic rings. The largest absolute Gasteiger partial charge is 0.348 e. The molecule has 0 aliphatic heterocycles. The van der Waals surface area contributed by atoms with Crippen LogP contribution in [0.1, 0.15) is 10.5 Å². The first-order valence-electron chi connectivity index (χ1n) is 4.97. The lowest BCUT2D eigenvalue weighted by Gasteiger charge is -2.05. The van der Waals surface area contributed by atoms with Gasteiger partial charge in [0.2, 0.25) is 0 Å². The minimum Gasteiger partial charge on any atom is -0.348 e. The molecule has 0 unspecified atom stereocenters. The van der Waals surface area contributed by atoms with Crippen LogP contribution in [0.3, 0.4) is 0 Å². The lowest BCUT2D eigenvalue weighted by atomic mass is 10.3. The zero-order chi connectivity index (χ0) is 11.5. The molecule has 0 radical (unpaired) electrons. The average molecular weight is 216 g/mol. The lowest BCUT2D eigenvalue weighted by molar-refractivity contribution is 0.0964. The van der Waals surface area contributed by atoms with Crippen LogP contribution in [-0.4, -0.2) is 14.9 Å². The summed E-state index contributed by atoms with van der Waals surface area (Å²) in [6.07, 6.45) is 5.06. The molecule has 2 heterocycles. The predicted molar refractivity (Wildman–Crippen MR) is 60.4 cm³/mol. The summed E-state index contributed by atoms with van der Waals surface area (Å²) in [4.78, 5) is 22.7. The molecule has 0 amide bonds. The second-order valence-electron chi connectivity index (χ2n) is 3.63. The molecule has 0 spiro atoms. The Morgan fingerprint density at radius 3 is 2.44 bits per heavy atom. The number of aromatic nitrogens is 2. The van der Waals surface area contributed by atoms with E-state index in [2.05, 4.69) is 0 Å². The number of Topliss-reactive ketones (excluding diaryl/α,β-unsaturated/α-hetero) is 1. The van der Waals surface area contributed by atoms with Crippen LogP contribution in [0.4, 0.5) is 0 Å². The number of hydrogen-bond acceptors (Lipinski definition) is 2. The van der Waals surface area contributed by atoms with Crippen molar-refractivity contribution in [3.63, 3.8) is 0 Å².